The van der Waals surface area contributed by atoms with Crippen molar-refractivity contribution in [3.05, 3.63) is 117 Å². The average Bonchev–Trinajstić information content (AvgIpc) is 4.03. The van der Waals surface area contributed by atoms with Crippen LogP contribution in [0.1, 0.15) is 70.4 Å². The molecule has 4 heterocycles. The molecule has 0 amide bonds. The summed E-state index contributed by atoms with van der Waals surface area (Å²) < 4.78 is 79.7. The molecule has 302 valence electrons. The Morgan fingerprint density at radius 2 is 1.63 bits per heavy atom. The summed E-state index contributed by atoms with van der Waals surface area (Å²) in [4.78, 5) is 32.4. The lowest BCUT2D eigenvalue weighted by atomic mass is 9.86. The molecule has 1 saturated carbocycles. The van der Waals surface area contributed by atoms with E-state index >= 15 is 0 Å². The number of rotatable bonds is 16. The first-order valence-corrected chi connectivity index (χ1v) is 20.9. The molecule has 3 saturated heterocycles. The van der Waals surface area contributed by atoms with Gasteiger partial charge < -0.3 is 18.9 Å². The smallest absolute Gasteiger partial charge is 0.387 e. The van der Waals surface area contributed by atoms with Crippen molar-refractivity contribution >= 4 is 45.2 Å². The Morgan fingerprint density at radius 3 is 2.28 bits per heavy atom. The third kappa shape index (κ3) is 10.2. The summed E-state index contributed by atoms with van der Waals surface area (Å²) in [6.07, 6.45) is 5.21. The summed E-state index contributed by atoms with van der Waals surface area (Å²) in [6, 6.07) is 15.0. The van der Waals surface area contributed by atoms with Crippen molar-refractivity contribution < 1.29 is 50.7 Å². The summed E-state index contributed by atoms with van der Waals surface area (Å²) in [5, 5.41) is 0.501. The van der Waals surface area contributed by atoms with Crippen LogP contribution in [0.3, 0.4) is 0 Å². The number of alkyl halides is 2. The number of aryl methyl sites for hydroxylation is 1. The lowest BCUT2D eigenvalue weighted by molar-refractivity contribution is -0.377. The van der Waals surface area contributed by atoms with Gasteiger partial charge in [-0.3, -0.25) is 4.90 Å². The molecule has 4 aliphatic rings. The molecular weight excluding hydrogens is 803 g/mol. The highest BCUT2D eigenvalue weighted by atomic mass is 35.5. The normalized spacial score (nSPS) is 20.1. The minimum absolute atomic E-state index is 0.0358. The van der Waals surface area contributed by atoms with Gasteiger partial charge in [-0.25, -0.2) is 23.0 Å². The number of nitrogens with zero attached hydrogens (tertiary/aromatic N) is 1. The number of carbonyl (C=O) groups is 2. The number of ether oxygens (including phenoxy) is 4. The second-order valence-electron chi connectivity index (χ2n) is 14.7. The monoisotopic (exact) mass is 844 g/mol. The number of pyridine rings is 1. The van der Waals surface area contributed by atoms with Crippen LogP contribution in [-0.4, -0.2) is 64.2 Å². The van der Waals surface area contributed by atoms with E-state index in [2.05, 4.69) is 14.6 Å². The minimum Gasteiger partial charge on any atom is -0.489 e. The quantitative estimate of drug-likeness (QED) is 0.115. The highest BCUT2D eigenvalue weighted by molar-refractivity contribution is 7.89. The maximum absolute atomic E-state index is 14.0. The van der Waals surface area contributed by atoms with E-state index in [1.807, 2.05) is 6.92 Å². The first-order valence-electron chi connectivity index (χ1n) is 18.7. The van der Waals surface area contributed by atoms with E-state index in [-0.39, 0.29) is 57.1 Å². The Morgan fingerprint density at radius 1 is 0.930 bits per heavy atom. The van der Waals surface area contributed by atoms with Gasteiger partial charge in [0.1, 0.15) is 28.3 Å². The van der Waals surface area contributed by atoms with Crippen molar-refractivity contribution in [1.29, 1.82) is 0 Å². The van der Waals surface area contributed by atoms with Crippen molar-refractivity contribution in [1.82, 2.24) is 9.62 Å². The molecule has 3 aliphatic heterocycles. The first kappa shape index (κ1) is 40.8. The van der Waals surface area contributed by atoms with Crippen molar-refractivity contribution in [2.75, 3.05) is 26.2 Å². The van der Waals surface area contributed by atoms with Gasteiger partial charge in [0, 0.05) is 18.5 Å². The van der Waals surface area contributed by atoms with Gasteiger partial charge in [-0.1, -0.05) is 65.2 Å². The zero-order valence-corrected chi connectivity index (χ0v) is 33.3. The predicted octanol–water partition coefficient (Wildman–Crippen LogP) is 7.30. The lowest BCUT2D eigenvalue weighted by Gasteiger charge is -2.44. The van der Waals surface area contributed by atoms with Crippen molar-refractivity contribution in [3.63, 3.8) is 0 Å². The van der Waals surface area contributed by atoms with Gasteiger partial charge in [0.15, 0.2) is 23.9 Å². The molecule has 1 aromatic heterocycles. The summed E-state index contributed by atoms with van der Waals surface area (Å²) in [5.74, 6) is -1.28. The second-order valence-corrected chi connectivity index (χ2v) is 17.2. The van der Waals surface area contributed by atoms with Gasteiger partial charge in [-0.15, -0.1) is 0 Å². The molecule has 11 nitrogen and oxygen atoms in total. The third-order valence-electron chi connectivity index (χ3n) is 10.5. The molecule has 3 atom stereocenters. The number of piperidine rings is 3. The largest absolute Gasteiger partial charge is 0.489 e. The molecule has 3 aromatic carbocycles. The lowest BCUT2D eigenvalue weighted by Crippen LogP contribution is -2.52. The van der Waals surface area contributed by atoms with E-state index < -0.39 is 40.7 Å². The number of H-pyrrole nitrogens is 1. The Hall–Kier alpha value is -4.34. The Kier molecular flexibility index (Phi) is 12.6. The maximum Gasteiger partial charge on any atom is 0.387 e. The van der Waals surface area contributed by atoms with E-state index in [0.717, 1.165) is 50.4 Å². The number of benzene rings is 3. The van der Waals surface area contributed by atoms with Crippen LogP contribution in [0.4, 0.5) is 8.78 Å². The van der Waals surface area contributed by atoms with Gasteiger partial charge in [-0.2, -0.15) is 13.5 Å². The molecule has 4 aromatic rings. The number of fused-ring (bicyclic) bond motifs is 3. The average molecular weight is 846 g/mol. The molecule has 2 bridgehead atoms. The first-order chi connectivity index (χ1) is 27.3. The summed E-state index contributed by atoms with van der Waals surface area (Å²) in [7, 11) is -4.44. The van der Waals surface area contributed by atoms with Gasteiger partial charge in [0.05, 0.1) is 17.1 Å². The summed E-state index contributed by atoms with van der Waals surface area (Å²) in [6.45, 7) is 1.54. The zero-order chi connectivity index (χ0) is 40.3. The number of nitrogens with one attached hydrogen (secondary N) is 2. The van der Waals surface area contributed by atoms with Crippen molar-refractivity contribution in [2.24, 2.45) is 11.8 Å². The molecule has 4 fully saturated rings. The fourth-order valence-corrected chi connectivity index (χ4v) is 8.84. The molecule has 0 radical (unpaired) electrons. The maximum atomic E-state index is 14.0. The predicted molar refractivity (Wildman–Crippen MR) is 206 cm³/mol. The Labute approximate surface area is 339 Å². The Balaban J connectivity index is 1.15. The van der Waals surface area contributed by atoms with Crippen LogP contribution >= 0.6 is 23.2 Å². The van der Waals surface area contributed by atoms with E-state index in [9.17, 15) is 26.8 Å². The number of sulfonamides is 1. The zero-order valence-electron chi connectivity index (χ0n) is 31.0. The van der Waals surface area contributed by atoms with Gasteiger partial charge in [0.25, 0.3) is 0 Å². The molecule has 2 N–H and O–H groups in total. The van der Waals surface area contributed by atoms with Crippen LogP contribution < -0.4 is 19.2 Å². The van der Waals surface area contributed by atoms with Gasteiger partial charge in [0.2, 0.25) is 10.0 Å². The van der Waals surface area contributed by atoms with Crippen LogP contribution in [0.25, 0.3) is 0 Å². The van der Waals surface area contributed by atoms with E-state index in [0.29, 0.717) is 29.2 Å². The van der Waals surface area contributed by atoms with E-state index in [1.165, 1.54) is 48.8 Å². The molecular formula is C41H42Cl2F2N3O8S+. The number of carbonyl (C=O) groups excluding carboxylic acids is 2. The number of aromatic amines is 1. The fraction of sp³-hybridized carbons (Fsp3) is 0.390. The van der Waals surface area contributed by atoms with Crippen molar-refractivity contribution in [3.8, 4) is 11.5 Å². The number of aromatic nitrogens is 1. The number of esters is 2. The van der Waals surface area contributed by atoms with Crippen LogP contribution in [0, 0.1) is 18.8 Å². The second kappa shape index (κ2) is 17.7. The molecule has 1 aliphatic carbocycles. The SMILES string of the molecule is Cc1ccc(C(NS(=O)(=O)c2cccc(C(=O)O[C@@H](Cc3c(Cl)c[nH+]cc3Cl)c3ccc(OC(F)F)c(OCC4CC4)c3)c2)C(=O)O[C@H]2CN3CCC2CC3)cc1. The van der Waals surface area contributed by atoms with Crippen LogP contribution in [-0.2, 0) is 30.7 Å². The summed E-state index contributed by atoms with van der Waals surface area (Å²) in [5.41, 5.74) is 1.98. The molecule has 0 spiro atoms. The number of halogens is 4. The van der Waals surface area contributed by atoms with Crippen molar-refractivity contribution in [2.45, 2.75) is 68.8 Å². The highest BCUT2D eigenvalue weighted by Gasteiger charge is 2.39. The topological polar surface area (TPSA) is 135 Å². The highest BCUT2D eigenvalue weighted by Crippen LogP contribution is 2.38. The van der Waals surface area contributed by atoms with Gasteiger partial charge in [-0.05, 0) is 99.0 Å². The Bertz CT molecular complexity index is 2180. The van der Waals surface area contributed by atoms with E-state index in [1.54, 1.807) is 24.3 Å². The van der Waals surface area contributed by atoms with Gasteiger partial charge >= 0.3 is 18.6 Å². The molecule has 1 unspecified atom stereocenters. The van der Waals surface area contributed by atoms with E-state index in [4.69, 9.17) is 42.1 Å². The number of hydrogen-bond acceptors (Lipinski definition) is 9. The fourth-order valence-electron chi connectivity index (χ4n) is 7.09. The number of hydrogen-bond donors (Lipinski definition) is 1. The van der Waals surface area contributed by atoms with Crippen LogP contribution in [0.2, 0.25) is 10.0 Å². The molecule has 57 heavy (non-hydrogen) atoms. The standard InChI is InChI=1S/C41H41Cl2F2N3O8S/c1-24-5-9-27(10-6-24)38(40(50)55-37-22-48-15-13-26(37)14-16-48)47-57(51,52)30-4-2-3-29(17-30)39(49)54-35(19-31-32(42)20-46-21-33(31)43)28-11-12-34(56-41(44)45)36(18-28)53-23-25-7-8-25/h2-6,9-12,17-18,20-21,25-26,35,37-38,41,47H,7-8,13-16,19,22-23H2,1H3/p+1/t35-,37-,38?/m0/s1. The van der Waals surface area contributed by atoms with Crippen LogP contribution in [0.15, 0.2) is 84.0 Å². The molecule has 8 rings (SSSR count). The third-order valence-corrected chi connectivity index (χ3v) is 12.6. The minimum atomic E-state index is -4.44. The summed E-state index contributed by atoms with van der Waals surface area (Å²) >= 11 is 13.0. The molecule has 16 heteroatoms. The van der Waals surface area contributed by atoms with Crippen LogP contribution in [0.5, 0.6) is 11.5 Å².